The van der Waals surface area contributed by atoms with Crippen molar-refractivity contribution in [2.45, 2.75) is 26.5 Å². The van der Waals surface area contributed by atoms with E-state index >= 15 is 0 Å². The zero-order chi connectivity index (χ0) is 9.84. The highest BCUT2D eigenvalue weighted by atomic mass is 16.5. The first-order valence-electron chi connectivity index (χ1n) is 4.35. The maximum atomic E-state index is 11.7. The molecule has 0 aliphatic rings. The summed E-state index contributed by atoms with van der Waals surface area (Å²) in [5.74, 6) is 0.261. The number of nitrogens with zero attached hydrogens (tertiary/aromatic N) is 1. The Bertz CT molecular complexity index is 328. The summed E-state index contributed by atoms with van der Waals surface area (Å²) >= 11 is 0. The van der Waals surface area contributed by atoms with Crippen LogP contribution in [0.15, 0.2) is 23.1 Å². The van der Waals surface area contributed by atoms with Crippen LogP contribution in [-0.4, -0.2) is 11.7 Å². The molecule has 1 rings (SSSR count). The minimum absolute atomic E-state index is 0.0411. The van der Waals surface area contributed by atoms with Crippen molar-refractivity contribution in [3.05, 3.63) is 34.2 Å². The third-order valence-electron chi connectivity index (χ3n) is 1.94. The molecule has 0 saturated carbocycles. The van der Waals surface area contributed by atoms with Crippen LogP contribution in [0.5, 0.6) is 0 Å². The van der Waals surface area contributed by atoms with E-state index in [2.05, 4.69) is 0 Å². The molecule has 0 aliphatic heterocycles. The Morgan fingerprint density at radius 3 is 2.77 bits per heavy atom. The quantitative estimate of drug-likeness (QED) is 0.708. The Balaban J connectivity index is 3.11. The minimum atomic E-state index is 0.0411. The van der Waals surface area contributed by atoms with E-state index in [1.165, 1.54) is 0 Å². The molecule has 0 radical (unpaired) electrons. The number of hydrogen-bond acceptors (Lipinski definition) is 2. The van der Waals surface area contributed by atoms with Gasteiger partial charge in [-0.2, -0.15) is 0 Å². The SMILES string of the molecule is COCn1cccc(C(C)C)c1=O. The maximum absolute atomic E-state index is 11.7. The van der Waals surface area contributed by atoms with Crippen LogP contribution in [0.2, 0.25) is 0 Å². The van der Waals surface area contributed by atoms with Gasteiger partial charge in [-0.25, -0.2) is 0 Å². The minimum Gasteiger partial charge on any atom is -0.364 e. The lowest BCUT2D eigenvalue weighted by atomic mass is 10.1. The highest BCUT2D eigenvalue weighted by Crippen LogP contribution is 2.07. The van der Waals surface area contributed by atoms with Crippen molar-refractivity contribution in [1.29, 1.82) is 0 Å². The zero-order valence-corrected chi connectivity index (χ0v) is 8.28. The molecule has 0 aromatic carbocycles. The molecule has 0 bridgehead atoms. The summed E-state index contributed by atoms with van der Waals surface area (Å²) in [6.45, 7) is 4.33. The fourth-order valence-corrected chi connectivity index (χ4v) is 1.24. The molecular weight excluding hydrogens is 166 g/mol. The molecule has 0 atom stereocenters. The number of pyridine rings is 1. The third kappa shape index (κ3) is 2.18. The molecule has 1 aromatic heterocycles. The summed E-state index contributed by atoms with van der Waals surface area (Å²) in [7, 11) is 1.58. The Kier molecular flexibility index (Phi) is 3.25. The second-order valence-electron chi connectivity index (χ2n) is 3.31. The van der Waals surface area contributed by atoms with E-state index in [0.717, 1.165) is 5.56 Å². The van der Waals surface area contributed by atoms with Gasteiger partial charge in [0.05, 0.1) is 0 Å². The maximum Gasteiger partial charge on any atom is 0.255 e. The normalized spacial score (nSPS) is 10.8. The van der Waals surface area contributed by atoms with Gasteiger partial charge >= 0.3 is 0 Å². The fourth-order valence-electron chi connectivity index (χ4n) is 1.24. The molecule has 0 fully saturated rings. The molecular formula is C10H15NO2. The van der Waals surface area contributed by atoms with Crippen LogP contribution < -0.4 is 5.56 Å². The Hall–Kier alpha value is -1.09. The second-order valence-corrected chi connectivity index (χ2v) is 3.31. The van der Waals surface area contributed by atoms with Gasteiger partial charge < -0.3 is 4.74 Å². The lowest BCUT2D eigenvalue weighted by Gasteiger charge is -2.08. The van der Waals surface area contributed by atoms with E-state index in [0.29, 0.717) is 6.73 Å². The van der Waals surface area contributed by atoms with Crippen LogP contribution in [0.1, 0.15) is 25.3 Å². The Morgan fingerprint density at radius 1 is 1.54 bits per heavy atom. The van der Waals surface area contributed by atoms with Crippen molar-refractivity contribution in [3.63, 3.8) is 0 Å². The second kappa shape index (κ2) is 4.23. The van der Waals surface area contributed by atoms with Crippen LogP contribution in [0, 0.1) is 0 Å². The van der Waals surface area contributed by atoms with Gasteiger partial charge in [0, 0.05) is 18.9 Å². The summed E-state index contributed by atoms with van der Waals surface area (Å²) < 4.78 is 6.47. The molecule has 1 aromatic rings. The van der Waals surface area contributed by atoms with Crippen LogP contribution in [-0.2, 0) is 11.5 Å². The average Bonchev–Trinajstić information content (AvgIpc) is 2.08. The monoisotopic (exact) mass is 181 g/mol. The Morgan fingerprint density at radius 2 is 2.23 bits per heavy atom. The van der Waals surface area contributed by atoms with E-state index in [9.17, 15) is 4.79 Å². The topological polar surface area (TPSA) is 31.2 Å². The molecule has 1 heterocycles. The van der Waals surface area contributed by atoms with Crippen LogP contribution >= 0.6 is 0 Å². The van der Waals surface area contributed by atoms with Gasteiger partial charge in [0.1, 0.15) is 6.73 Å². The molecule has 0 unspecified atom stereocenters. The molecule has 3 heteroatoms. The van der Waals surface area contributed by atoms with E-state index < -0.39 is 0 Å². The molecule has 3 nitrogen and oxygen atoms in total. The van der Waals surface area contributed by atoms with Crippen molar-refractivity contribution < 1.29 is 4.74 Å². The van der Waals surface area contributed by atoms with Gasteiger partial charge in [-0.05, 0) is 12.0 Å². The summed E-state index contributed by atoms with van der Waals surface area (Å²) in [6.07, 6.45) is 1.73. The van der Waals surface area contributed by atoms with Crippen molar-refractivity contribution in [3.8, 4) is 0 Å². The first-order valence-corrected chi connectivity index (χ1v) is 4.35. The first-order chi connectivity index (χ1) is 6.16. The fraction of sp³-hybridized carbons (Fsp3) is 0.500. The molecule has 0 saturated heterocycles. The van der Waals surface area contributed by atoms with Gasteiger partial charge in [-0.15, -0.1) is 0 Å². The predicted molar refractivity (Wildman–Crippen MR) is 51.8 cm³/mol. The molecule has 0 spiro atoms. The molecule has 13 heavy (non-hydrogen) atoms. The predicted octanol–water partition coefficient (Wildman–Crippen LogP) is 1.58. The standard InChI is InChI=1S/C10H15NO2/c1-8(2)9-5-4-6-11(7-13-3)10(9)12/h4-6,8H,7H2,1-3H3. The van der Waals surface area contributed by atoms with Crippen LogP contribution in [0.4, 0.5) is 0 Å². The number of methoxy groups -OCH3 is 1. The summed E-state index contributed by atoms with van der Waals surface area (Å²) in [6, 6.07) is 3.73. The molecule has 0 aliphatic carbocycles. The average molecular weight is 181 g/mol. The van der Waals surface area contributed by atoms with Gasteiger partial charge in [0.25, 0.3) is 5.56 Å². The molecule has 0 amide bonds. The third-order valence-corrected chi connectivity index (χ3v) is 1.94. The van der Waals surface area contributed by atoms with Crippen LogP contribution in [0.3, 0.4) is 0 Å². The van der Waals surface area contributed by atoms with Crippen molar-refractivity contribution >= 4 is 0 Å². The van der Waals surface area contributed by atoms with Gasteiger partial charge in [-0.1, -0.05) is 19.9 Å². The molecule has 72 valence electrons. The summed E-state index contributed by atoms with van der Waals surface area (Å²) in [5.41, 5.74) is 0.874. The lowest BCUT2D eigenvalue weighted by molar-refractivity contribution is 0.128. The van der Waals surface area contributed by atoms with Crippen molar-refractivity contribution in [2.24, 2.45) is 0 Å². The van der Waals surface area contributed by atoms with Gasteiger partial charge in [-0.3, -0.25) is 9.36 Å². The Labute approximate surface area is 78.0 Å². The van der Waals surface area contributed by atoms with E-state index in [1.54, 1.807) is 17.9 Å². The van der Waals surface area contributed by atoms with E-state index in [-0.39, 0.29) is 11.5 Å². The highest BCUT2D eigenvalue weighted by Gasteiger charge is 2.05. The number of hydrogen-bond donors (Lipinski definition) is 0. The van der Waals surface area contributed by atoms with E-state index in [4.69, 9.17) is 4.74 Å². The van der Waals surface area contributed by atoms with Gasteiger partial charge in [0.15, 0.2) is 0 Å². The van der Waals surface area contributed by atoms with Crippen molar-refractivity contribution in [1.82, 2.24) is 4.57 Å². The van der Waals surface area contributed by atoms with Crippen LogP contribution in [0.25, 0.3) is 0 Å². The smallest absolute Gasteiger partial charge is 0.255 e. The van der Waals surface area contributed by atoms with Gasteiger partial charge in [0.2, 0.25) is 0 Å². The first kappa shape index (κ1) is 9.99. The zero-order valence-electron chi connectivity index (χ0n) is 8.28. The van der Waals surface area contributed by atoms with E-state index in [1.807, 2.05) is 26.0 Å². The highest BCUT2D eigenvalue weighted by molar-refractivity contribution is 5.13. The summed E-state index contributed by atoms with van der Waals surface area (Å²) in [4.78, 5) is 11.7. The molecule has 0 N–H and O–H groups in total. The summed E-state index contributed by atoms with van der Waals surface area (Å²) in [5, 5.41) is 0. The lowest BCUT2D eigenvalue weighted by Crippen LogP contribution is -2.24. The largest absolute Gasteiger partial charge is 0.364 e. The van der Waals surface area contributed by atoms with Crippen molar-refractivity contribution in [2.75, 3.05) is 7.11 Å². The number of rotatable bonds is 3. The number of ether oxygens (including phenoxy) is 1. The number of aromatic nitrogens is 1.